The maximum atomic E-state index is 11.9. The molecule has 0 aromatic heterocycles. The van der Waals surface area contributed by atoms with E-state index in [2.05, 4.69) is 6.92 Å². The number of aryl methyl sites for hydroxylation is 1. The maximum absolute atomic E-state index is 11.9. The van der Waals surface area contributed by atoms with E-state index < -0.39 is 0 Å². The van der Waals surface area contributed by atoms with Gasteiger partial charge in [0.1, 0.15) is 5.75 Å². The van der Waals surface area contributed by atoms with Gasteiger partial charge < -0.3 is 14.4 Å². The van der Waals surface area contributed by atoms with Crippen LogP contribution in [-0.4, -0.2) is 38.7 Å². The Hall–Kier alpha value is -1.97. The van der Waals surface area contributed by atoms with Crippen molar-refractivity contribution in [3.8, 4) is 5.75 Å². The SMILES string of the molecule is CCCCOc1ccc(/C(=C/N(C)C)C(=O)OC)cc1C. The van der Waals surface area contributed by atoms with Crippen LogP contribution in [0, 0.1) is 6.92 Å². The van der Waals surface area contributed by atoms with Gasteiger partial charge in [0.25, 0.3) is 0 Å². The highest BCUT2D eigenvalue weighted by Gasteiger charge is 2.14. The zero-order valence-electron chi connectivity index (χ0n) is 13.6. The number of rotatable bonds is 7. The Balaban J connectivity index is 3.01. The first kappa shape index (κ1) is 17.1. The summed E-state index contributed by atoms with van der Waals surface area (Å²) in [5.74, 6) is 0.518. The number of carbonyl (C=O) groups is 1. The first-order valence-electron chi connectivity index (χ1n) is 7.20. The van der Waals surface area contributed by atoms with E-state index in [0.717, 1.165) is 29.7 Å². The molecule has 0 saturated carbocycles. The fourth-order valence-corrected chi connectivity index (χ4v) is 1.92. The molecule has 1 rings (SSSR count). The van der Waals surface area contributed by atoms with Crippen LogP contribution in [0.15, 0.2) is 24.4 Å². The smallest absolute Gasteiger partial charge is 0.339 e. The van der Waals surface area contributed by atoms with E-state index in [1.54, 1.807) is 6.20 Å². The first-order chi connectivity index (χ1) is 9.99. The summed E-state index contributed by atoms with van der Waals surface area (Å²) in [5, 5.41) is 0. The topological polar surface area (TPSA) is 38.8 Å². The summed E-state index contributed by atoms with van der Waals surface area (Å²) in [7, 11) is 5.14. The highest BCUT2D eigenvalue weighted by Crippen LogP contribution is 2.24. The van der Waals surface area contributed by atoms with Gasteiger partial charge >= 0.3 is 5.97 Å². The number of carbonyl (C=O) groups excluding carboxylic acids is 1. The number of hydrogen-bond acceptors (Lipinski definition) is 4. The van der Waals surface area contributed by atoms with Crippen molar-refractivity contribution < 1.29 is 14.3 Å². The van der Waals surface area contributed by atoms with Crippen molar-refractivity contribution in [3.63, 3.8) is 0 Å². The average Bonchev–Trinajstić information content (AvgIpc) is 2.45. The van der Waals surface area contributed by atoms with Crippen molar-refractivity contribution >= 4 is 11.5 Å². The molecular formula is C17H25NO3. The van der Waals surface area contributed by atoms with Crippen molar-refractivity contribution in [2.24, 2.45) is 0 Å². The van der Waals surface area contributed by atoms with Gasteiger partial charge in [-0.1, -0.05) is 19.4 Å². The number of esters is 1. The lowest BCUT2D eigenvalue weighted by Crippen LogP contribution is -2.10. The molecule has 0 spiro atoms. The van der Waals surface area contributed by atoms with Crippen molar-refractivity contribution in [2.75, 3.05) is 27.8 Å². The van der Waals surface area contributed by atoms with Gasteiger partial charge in [-0.25, -0.2) is 4.79 Å². The largest absolute Gasteiger partial charge is 0.493 e. The highest BCUT2D eigenvalue weighted by atomic mass is 16.5. The van der Waals surface area contributed by atoms with Crippen LogP contribution in [0.5, 0.6) is 5.75 Å². The van der Waals surface area contributed by atoms with E-state index in [1.165, 1.54) is 7.11 Å². The monoisotopic (exact) mass is 291 g/mol. The Kier molecular flexibility index (Phi) is 6.79. The lowest BCUT2D eigenvalue weighted by atomic mass is 10.0. The van der Waals surface area contributed by atoms with E-state index >= 15 is 0 Å². The third-order valence-electron chi connectivity index (χ3n) is 3.03. The van der Waals surface area contributed by atoms with Crippen LogP contribution in [-0.2, 0) is 9.53 Å². The summed E-state index contributed by atoms with van der Waals surface area (Å²) in [4.78, 5) is 13.7. The summed E-state index contributed by atoms with van der Waals surface area (Å²) < 4.78 is 10.6. The molecule has 0 atom stereocenters. The lowest BCUT2D eigenvalue weighted by Gasteiger charge is -2.13. The number of ether oxygens (including phenoxy) is 2. The molecule has 0 aliphatic rings. The van der Waals surface area contributed by atoms with Crippen molar-refractivity contribution in [2.45, 2.75) is 26.7 Å². The zero-order chi connectivity index (χ0) is 15.8. The van der Waals surface area contributed by atoms with E-state index in [9.17, 15) is 4.79 Å². The summed E-state index contributed by atoms with van der Waals surface area (Å²) in [5.41, 5.74) is 2.37. The first-order valence-corrected chi connectivity index (χ1v) is 7.20. The third kappa shape index (κ3) is 5.14. The Bertz CT molecular complexity index is 507. The van der Waals surface area contributed by atoms with Gasteiger partial charge in [-0.05, 0) is 36.6 Å². The molecule has 0 radical (unpaired) electrons. The number of benzene rings is 1. The van der Waals surface area contributed by atoms with Crippen LogP contribution in [0.2, 0.25) is 0 Å². The Morgan fingerprint density at radius 1 is 1.33 bits per heavy atom. The van der Waals surface area contributed by atoms with Crippen LogP contribution < -0.4 is 4.74 Å². The number of hydrogen-bond donors (Lipinski definition) is 0. The molecule has 1 aromatic carbocycles. The second kappa shape index (κ2) is 8.35. The molecule has 0 heterocycles. The molecule has 0 aliphatic carbocycles. The summed E-state index contributed by atoms with van der Waals surface area (Å²) in [6.45, 7) is 4.83. The number of unbranched alkanes of at least 4 members (excludes halogenated alkanes) is 1. The Labute approximate surface area is 127 Å². The number of methoxy groups -OCH3 is 1. The van der Waals surface area contributed by atoms with Gasteiger partial charge in [0, 0.05) is 20.3 Å². The molecule has 0 unspecified atom stereocenters. The second-order valence-electron chi connectivity index (χ2n) is 5.18. The Morgan fingerprint density at radius 2 is 2.05 bits per heavy atom. The predicted molar refractivity (Wildman–Crippen MR) is 85.3 cm³/mol. The molecule has 0 aliphatic heterocycles. The average molecular weight is 291 g/mol. The highest BCUT2D eigenvalue weighted by molar-refractivity contribution is 6.16. The van der Waals surface area contributed by atoms with Crippen LogP contribution in [0.1, 0.15) is 30.9 Å². The van der Waals surface area contributed by atoms with E-state index in [1.807, 2.05) is 44.1 Å². The van der Waals surface area contributed by atoms with E-state index in [0.29, 0.717) is 12.2 Å². The molecule has 0 amide bonds. The van der Waals surface area contributed by atoms with Crippen molar-refractivity contribution in [1.29, 1.82) is 0 Å². The molecule has 4 nitrogen and oxygen atoms in total. The molecule has 21 heavy (non-hydrogen) atoms. The summed E-state index contributed by atoms with van der Waals surface area (Å²) >= 11 is 0. The van der Waals surface area contributed by atoms with Crippen molar-refractivity contribution in [1.82, 2.24) is 4.90 Å². The molecular weight excluding hydrogens is 266 g/mol. The standard InChI is InChI=1S/C17H25NO3/c1-6-7-10-21-16-9-8-14(11-13(16)2)15(12-18(3)4)17(19)20-5/h8-9,11-12H,6-7,10H2,1-5H3/b15-12-. The molecule has 0 fully saturated rings. The quantitative estimate of drug-likeness (QED) is 0.439. The normalized spacial score (nSPS) is 11.2. The minimum absolute atomic E-state index is 0.345. The molecule has 0 N–H and O–H groups in total. The van der Waals surface area contributed by atoms with Crippen LogP contribution in [0.4, 0.5) is 0 Å². The molecule has 4 heteroatoms. The van der Waals surface area contributed by atoms with Gasteiger partial charge in [-0.2, -0.15) is 0 Å². The van der Waals surface area contributed by atoms with Gasteiger partial charge in [0.2, 0.25) is 0 Å². The zero-order valence-corrected chi connectivity index (χ0v) is 13.6. The van der Waals surface area contributed by atoms with Crippen molar-refractivity contribution in [3.05, 3.63) is 35.5 Å². The maximum Gasteiger partial charge on any atom is 0.339 e. The molecule has 116 valence electrons. The molecule has 0 bridgehead atoms. The minimum atomic E-state index is -0.345. The predicted octanol–water partition coefficient (Wildman–Crippen LogP) is 3.25. The van der Waals surface area contributed by atoms with Crippen LogP contribution >= 0.6 is 0 Å². The molecule has 1 aromatic rings. The van der Waals surface area contributed by atoms with Crippen LogP contribution in [0.3, 0.4) is 0 Å². The van der Waals surface area contributed by atoms with Gasteiger partial charge in [-0.3, -0.25) is 0 Å². The summed E-state index contributed by atoms with van der Waals surface area (Å²) in [6.07, 6.45) is 3.91. The van der Waals surface area contributed by atoms with Gasteiger partial charge in [0.15, 0.2) is 0 Å². The fraction of sp³-hybridized carbons (Fsp3) is 0.471. The lowest BCUT2D eigenvalue weighted by molar-refractivity contribution is -0.133. The van der Waals surface area contributed by atoms with E-state index in [4.69, 9.17) is 9.47 Å². The van der Waals surface area contributed by atoms with E-state index in [-0.39, 0.29) is 5.97 Å². The van der Waals surface area contributed by atoms with Gasteiger partial charge in [0.05, 0.1) is 19.3 Å². The fourth-order valence-electron chi connectivity index (χ4n) is 1.92. The van der Waals surface area contributed by atoms with Gasteiger partial charge in [-0.15, -0.1) is 0 Å². The minimum Gasteiger partial charge on any atom is -0.493 e. The summed E-state index contributed by atoms with van der Waals surface area (Å²) in [6, 6.07) is 5.75. The number of nitrogens with zero attached hydrogens (tertiary/aromatic N) is 1. The second-order valence-corrected chi connectivity index (χ2v) is 5.18. The molecule has 0 saturated heterocycles. The van der Waals surface area contributed by atoms with Crippen LogP contribution in [0.25, 0.3) is 5.57 Å². The third-order valence-corrected chi connectivity index (χ3v) is 3.03. The Morgan fingerprint density at radius 3 is 2.57 bits per heavy atom.